The summed E-state index contributed by atoms with van der Waals surface area (Å²) in [4.78, 5) is 4.13. The van der Waals surface area contributed by atoms with Gasteiger partial charge in [-0.3, -0.25) is 4.90 Å². The molecule has 20 heavy (non-hydrogen) atoms. The van der Waals surface area contributed by atoms with Crippen molar-refractivity contribution in [1.29, 1.82) is 0 Å². The molecule has 110 valence electrons. The highest BCUT2D eigenvalue weighted by molar-refractivity contribution is 7.11. The molecule has 0 amide bonds. The molecule has 1 aliphatic carbocycles. The summed E-state index contributed by atoms with van der Waals surface area (Å²) in [6.07, 6.45) is 3.86. The highest BCUT2D eigenvalue weighted by Gasteiger charge is 2.29. The molecule has 0 radical (unpaired) electrons. The predicted octanol–water partition coefficient (Wildman–Crippen LogP) is 3.62. The first-order valence-corrected chi connectivity index (χ1v) is 8.70. The molecule has 0 spiro atoms. The fraction of sp³-hybridized carbons (Fsp3) is 0.647. The Morgan fingerprint density at radius 1 is 1.30 bits per heavy atom. The largest absolute Gasteiger partial charge is 0.314 e. The molecule has 1 fully saturated rings. The topological polar surface area (TPSA) is 15.3 Å². The Morgan fingerprint density at radius 2 is 2.10 bits per heavy atom. The average Bonchev–Trinajstić information content (AvgIpc) is 2.96. The minimum absolute atomic E-state index is 0.465. The summed E-state index contributed by atoms with van der Waals surface area (Å²) < 4.78 is 0. The third-order valence-electron chi connectivity index (χ3n) is 4.63. The highest BCUT2D eigenvalue weighted by Crippen LogP contribution is 2.44. The molecule has 1 aliphatic heterocycles. The molecule has 0 unspecified atom stereocenters. The van der Waals surface area contributed by atoms with Crippen molar-refractivity contribution in [3.63, 3.8) is 0 Å². The Labute approximate surface area is 126 Å². The monoisotopic (exact) mass is 290 g/mol. The standard InChI is InChI=1S/C17H26N2S/c1-17(2)6-5-14(13-19-9-7-18-8-10-19)15(12-17)16-4-3-11-20-16/h3-4,11,18H,5-10,12-13H2,1-2H3. The fourth-order valence-electron chi connectivity index (χ4n) is 3.36. The minimum atomic E-state index is 0.465. The van der Waals surface area contributed by atoms with E-state index in [0.29, 0.717) is 5.41 Å². The van der Waals surface area contributed by atoms with Gasteiger partial charge >= 0.3 is 0 Å². The van der Waals surface area contributed by atoms with Crippen LogP contribution in [0.1, 0.15) is 38.0 Å². The maximum atomic E-state index is 3.45. The summed E-state index contributed by atoms with van der Waals surface area (Å²) in [7, 11) is 0. The third kappa shape index (κ3) is 3.33. The van der Waals surface area contributed by atoms with Gasteiger partial charge in [-0.05, 0) is 41.7 Å². The van der Waals surface area contributed by atoms with Crippen LogP contribution in [0.25, 0.3) is 5.57 Å². The third-order valence-corrected chi connectivity index (χ3v) is 5.56. The molecule has 2 nitrogen and oxygen atoms in total. The van der Waals surface area contributed by atoms with Crippen molar-refractivity contribution in [2.24, 2.45) is 5.41 Å². The van der Waals surface area contributed by atoms with Crippen LogP contribution in [0.3, 0.4) is 0 Å². The first-order valence-electron chi connectivity index (χ1n) is 7.82. The first-order chi connectivity index (χ1) is 9.64. The van der Waals surface area contributed by atoms with E-state index in [1.54, 1.807) is 11.1 Å². The van der Waals surface area contributed by atoms with Gasteiger partial charge in [0.25, 0.3) is 0 Å². The number of allylic oxidation sites excluding steroid dienone is 1. The number of hydrogen-bond acceptors (Lipinski definition) is 3. The zero-order valence-electron chi connectivity index (χ0n) is 12.7. The van der Waals surface area contributed by atoms with Gasteiger partial charge < -0.3 is 5.32 Å². The van der Waals surface area contributed by atoms with E-state index in [1.165, 1.54) is 43.8 Å². The van der Waals surface area contributed by atoms with Gasteiger partial charge in [-0.25, -0.2) is 0 Å². The summed E-state index contributed by atoms with van der Waals surface area (Å²) in [5.41, 5.74) is 3.81. The van der Waals surface area contributed by atoms with E-state index in [0.717, 1.165) is 13.1 Å². The highest BCUT2D eigenvalue weighted by atomic mass is 32.1. The van der Waals surface area contributed by atoms with Crippen LogP contribution in [0, 0.1) is 5.41 Å². The molecule has 0 atom stereocenters. The molecular weight excluding hydrogens is 264 g/mol. The quantitative estimate of drug-likeness (QED) is 0.914. The lowest BCUT2D eigenvalue weighted by atomic mass is 9.74. The van der Waals surface area contributed by atoms with Crippen molar-refractivity contribution in [3.05, 3.63) is 28.0 Å². The molecule has 1 saturated heterocycles. The van der Waals surface area contributed by atoms with E-state index in [4.69, 9.17) is 0 Å². The molecule has 3 heteroatoms. The Kier molecular flexibility index (Phi) is 4.29. The van der Waals surface area contributed by atoms with Crippen LogP contribution < -0.4 is 5.32 Å². The molecule has 3 rings (SSSR count). The van der Waals surface area contributed by atoms with Gasteiger partial charge in [-0.1, -0.05) is 25.5 Å². The van der Waals surface area contributed by atoms with Gasteiger partial charge in [-0.15, -0.1) is 11.3 Å². The normalized spacial score (nSPS) is 24.1. The number of thiophene rings is 1. The SMILES string of the molecule is CC1(C)CCC(CN2CCNCC2)=C(c2cccs2)C1. The molecule has 0 saturated carbocycles. The molecule has 1 N–H and O–H groups in total. The number of rotatable bonds is 3. The van der Waals surface area contributed by atoms with E-state index in [1.807, 2.05) is 11.3 Å². The van der Waals surface area contributed by atoms with Crippen LogP contribution in [-0.4, -0.2) is 37.6 Å². The molecule has 0 bridgehead atoms. The zero-order valence-corrected chi connectivity index (χ0v) is 13.6. The average molecular weight is 290 g/mol. The van der Waals surface area contributed by atoms with Crippen LogP contribution in [-0.2, 0) is 0 Å². The molecular formula is C17H26N2S. The molecule has 2 aliphatic rings. The molecule has 0 aromatic carbocycles. The molecule has 1 aromatic heterocycles. The Hall–Kier alpha value is -0.640. The number of nitrogens with one attached hydrogen (secondary N) is 1. The smallest absolute Gasteiger partial charge is 0.0302 e. The van der Waals surface area contributed by atoms with Crippen LogP contribution in [0.5, 0.6) is 0 Å². The van der Waals surface area contributed by atoms with Gasteiger partial charge in [0.15, 0.2) is 0 Å². The van der Waals surface area contributed by atoms with Gasteiger partial charge in [0.2, 0.25) is 0 Å². The lowest BCUT2D eigenvalue weighted by molar-refractivity contribution is 0.249. The van der Waals surface area contributed by atoms with Gasteiger partial charge in [0.1, 0.15) is 0 Å². The second-order valence-electron chi connectivity index (χ2n) is 6.93. The van der Waals surface area contributed by atoms with E-state index in [9.17, 15) is 0 Å². The Balaban J connectivity index is 1.83. The van der Waals surface area contributed by atoms with Crippen LogP contribution in [0.15, 0.2) is 23.1 Å². The van der Waals surface area contributed by atoms with Gasteiger partial charge in [0, 0.05) is 37.6 Å². The Bertz CT molecular complexity index is 467. The van der Waals surface area contributed by atoms with Crippen molar-refractivity contribution in [2.45, 2.75) is 33.1 Å². The summed E-state index contributed by atoms with van der Waals surface area (Å²) >= 11 is 1.91. The lowest BCUT2D eigenvalue weighted by Gasteiger charge is -2.36. The van der Waals surface area contributed by atoms with Crippen molar-refractivity contribution in [1.82, 2.24) is 10.2 Å². The summed E-state index contributed by atoms with van der Waals surface area (Å²) in [6.45, 7) is 10.7. The summed E-state index contributed by atoms with van der Waals surface area (Å²) in [6, 6.07) is 4.50. The van der Waals surface area contributed by atoms with E-state index in [2.05, 4.69) is 41.6 Å². The van der Waals surface area contributed by atoms with Crippen molar-refractivity contribution < 1.29 is 0 Å². The number of hydrogen-bond donors (Lipinski definition) is 1. The van der Waals surface area contributed by atoms with Crippen LogP contribution in [0.4, 0.5) is 0 Å². The second-order valence-corrected chi connectivity index (χ2v) is 7.87. The van der Waals surface area contributed by atoms with Crippen LogP contribution >= 0.6 is 11.3 Å². The number of nitrogens with zero attached hydrogens (tertiary/aromatic N) is 1. The molecule has 1 aromatic rings. The maximum Gasteiger partial charge on any atom is 0.0302 e. The number of piperazine rings is 1. The maximum absolute atomic E-state index is 3.45. The van der Waals surface area contributed by atoms with E-state index >= 15 is 0 Å². The zero-order chi connectivity index (χ0) is 14.0. The second kappa shape index (κ2) is 6.00. The van der Waals surface area contributed by atoms with Crippen molar-refractivity contribution in [3.8, 4) is 0 Å². The van der Waals surface area contributed by atoms with Gasteiger partial charge in [-0.2, -0.15) is 0 Å². The predicted molar refractivity (Wildman–Crippen MR) is 88.2 cm³/mol. The molecule has 2 heterocycles. The van der Waals surface area contributed by atoms with Crippen molar-refractivity contribution >= 4 is 16.9 Å². The van der Waals surface area contributed by atoms with Crippen LogP contribution in [0.2, 0.25) is 0 Å². The van der Waals surface area contributed by atoms with E-state index in [-0.39, 0.29) is 0 Å². The summed E-state index contributed by atoms with van der Waals surface area (Å²) in [5.74, 6) is 0. The minimum Gasteiger partial charge on any atom is -0.314 e. The van der Waals surface area contributed by atoms with E-state index < -0.39 is 0 Å². The summed E-state index contributed by atoms with van der Waals surface area (Å²) in [5, 5.41) is 5.66. The van der Waals surface area contributed by atoms with Crippen molar-refractivity contribution in [2.75, 3.05) is 32.7 Å². The van der Waals surface area contributed by atoms with Gasteiger partial charge in [0.05, 0.1) is 0 Å². The first kappa shape index (κ1) is 14.3. The fourth-order valence-corrected chi connectivity index (χ4v) is 4.18. The lowest BCUT2D eigenvalue weighted by Crippen LogP contribution is -2.44. The Morgan fingerprint density at radius 3 is 2.80 bits per heavy atom.